The molecule has 0 spiro atoms. The molecule has 0 unspecified atom stereocenters. The lowest BCUT2D eigenvalue weighted by molar-refractivity contribution is -0.117. The molecule has 2 aromatic carbocycles. The number of hydrogen-bond donors (Lipinski definition) is 1. The van der Waals surface area contributed by atoms with Crippen LogP contribution in [0.2, 0.25) is 0 Å². The van der Waals surface area contributed by atoms with Gasteiger partial charge in [0.1, 0.15) is 18.2 Å². The predicted molar refractivity (Wildman–Crippen MR) is 92.2 cm³/mol. The lowest BCUT2D eigenvalue weighted by Gasteiger charge is -2.16. The number of benzene rings is 2. The number of anilines is 1. The van der Waals surface area contributed by atoms with E-state index in [1.807, 2.05) is 36.2 Å². The van der Waals surface area contributed by atoms with Crippen molar-refractivity contribution in [3.8, 4) is 5.75 Å². The predicted octanol–water partition coefficient (Wildman–Crippen LogP) is 3.54. The molecule has 4 nitrogen and oxygen atoms in total. The van der Waals surface area contributed by atoms with Gasteiger partial charge < -0.3 is 10.1 Å². The van der Waals surface area contributed by atoms with Gasteiger partial charge in [-0.3, -0.25) is 9.69 Å². The van der Waals surface area contributed by atoms with E-state index in [-0.39, 0.29) is 18.3 Å². The molecule has 1 N–H and O–H groups in total. The van der Waals surface area contributed by atoms with E-state index in [1.54, 1.807) is 12.1 Å². The molecule has 2 rings (SSSR count). The van der Waals surface area contributed by atoms with Gasteiger partial charge in [0.25, 0.3) is 0 Å². The van der Waals surface area contributed by atoms with E-state index in [4.69, 9.17) is 4.74 Å². The number of likely N-dealkylation sites (N-methyl/N-ethyl adjacent to an activating group) is 1. The maximum Gasteiger partial charge on any atom is 0.238 e. The lowest BCUT2D eigenvalue weighted by Crippen LogP contribution is -2.33. The van der Waals surface area contributed by atoms with Crippen molar-refractivity contribution in [1.29, 1.82) is 0 Å². The van der Waals surface area contributed by atoms with Crippen molar-refractivity contribution in [3.63, 3.8) is 0 Å². The van der Waals surface area contributed by atoms with E-state index in [0.29, 0.717) is 18.8 Å². The normalized spacial score (nSPS) is 10.6. The van der Waals surface area contributed by atoms with E-state index < -0.39 is 0 Å². The molecule has 2 aromatic rings. The summed E-state index contributed by atoms with van der Waals surface area (Å²) >= 11 is 3.38. The van der Waals surface area contributed by atoms with Gasteiger partial charge in [0.2, 0.25) is 5.91 Å². The average Bonchev–Trinajstić information content (AvgIpc) is 2.47. The molecule has 0 aliphatic rings. The fourth-order valence-electron chi connectivity index (χ4n) is 1.97. The minimum absolute atomic E-state index is 0.194. The first-order chi connectivity index (χ1) is 11.0. The van der Waals surface area contributed by atoms with Crippen molar-refractivity contribution in [2.24, 2.45) is 0 Å². The highest BCUT2D eigenvalue weighted by Crippen LogP contribution is 2.17. The zero-order valence-electron chi connectivity index (χ0n) is 12.8. The van der Waals surface area contributed by atoms with Crippen LogP contribution in [0, 0.1) is 5.82 Å². The van der Waals surface area contributed by atoms with Gasteiger partial charge in [0, 0.05) is 16.7 Å². The molecular formula is C17H18BrFN2O2. The monoisotopic (exact) mass is 380 g/mol. The molecule has 1 amide bonds. The minimum atomic E-state index is -0.376. The minimum Gasteiger partial charge on any atom is -0.492 e. The molecule has 0 bridgehead atoms. The molecule has 0 fully saturated rings. The van der Waals surface area contributed by atoms with Crippen LogP contribution >= 0.6 is 15.9 Å². The Hall–Kier alpha value is -1.92. The van der Waals surface area contributed by atoms with Gasteiger partial charge in [-0.2, -0.15) is 0 Å². The summed E-state index contributed by atoms with van der Waals surface area (Å²) in [6.45, 7) is 1.28. The van der Waals surface area contributed by atoms with Crippen molar-refractivity contribution < 1.29 is 13.9 Å². The number of carbonyl (C=O) groups excluding carboxylic acids is 1. The third kappa shape index (κ3) is 6.38. The van der Waals surface area contributed by atoms with Crippen LogP contribution < -0.4 is 10.1 Å². The molecular weight excluding hydrogens is 363 g/mol. The average molecular weight is 381 g/mol. The number of amides is 1. The summed E-state index contributed by atoms with van der Waals surface area (Å²) in [4.78, 5) is 13.7. The highest BCUT2D eigenvalue weighted by atomic mass is 79.9. The maximum absolute atomic E-state index is 13.1. The topological polar surface area (TPSA) is 41.6 Å². The van der Waals surface area contributed by atoms with E-state index in [0.717, 1.165) is 10.2 Å². The Morgan fingerprint density at radius 2 is 2.04 bits per heavy atom. The molecule has 122 valence electrons. The zero-order valence-corrected chi connectivity index (χ0v) is 14.3. The van der Waals surface area contributed by atoms with Crippen LogP contribution in [-0.2, 0) is 4.79 Å². The van der Waals surface area contributed by atoms with Gasteiger partial charge in [-0.15, -0.1) is 0 Å². The van der Waals surface area contributed by atoms with Crippen molar-refractivity contribution in [1.82, 2.24) is 4.90 Å². The molecule has 23 heavy (non-hydrogen) atoms. The van der Waals surface area contributed by atoms with Crippen LogP contribution in [0.5, 0.6) is 5.75 Å². The first-order valence-corrected chi connectivity index (χ1v) is 7.94. The van der Waals surface area contributed by atoms with E-state index >= 15 is 0 Å². The Bertz CT molecular complexity index is 667. The lowest BCUT2D eigenvalue weighted by atomic mass is 10.3. The van der Waals surface area contributed by atoms with E-state index in [2.05, 4.69) is 21.2 Å². The number of halogens is 2. The highest BCUT2D eigenvalue weighted by Gasteiger charge is 2.07. The van der Waals surface area contributed by atoms with Crippen LogP contribution in [0.3, 0.4) is 0 Å². The summed E-state index contributed by atoms with van der Waals surface area (Å²) in [6, 6.07) is 13.4. The summed E-state index contributed by atoms with van der Waals surface area (Å²) in [5.74, 6) is 0.205. The summed E-state index contributed by atoms with van der Waals surface area (Å²) in [7, 11) is 1.83. The molecule has 0 saturated carbocycles. The van der Waals surface area contributed by atoms with E-state index in [1.165, 1.54) is 12.1 Å². The van der Waals surface area contributed by atoms with Crippen LogP contribution in [0.4, 0.5) is 10.1 Å². The standard InChI is InChI=1S/C17H18BrFN2O2/c1-21(8-9-23-16-7-2-4-13(18)10-16)12-17(22)20-15-6-3-5-14(19)11-15/h2-7,10-11H,8-9,12H2,1H3,(H,20,22). The molecule has 0 atom stereocenters. The third-order valence-electron chi connectivity index (χ3n) is 3.06. The summed E-state index contributed by atoms with van der Waals surface area (Å²) in [5.41, 5.74) is 0.453. The number of hydrogen-bond acceptors (Lipinski definition) is 3. The van der Waals surface area contributed by atoms with Gasteiger partial charge in [-0.1, -0.05) is 28.1 Å². The second-order valence-electron chi connectivity index (χ2n) is 5.10. The largest absolute Gasteiger partial charge is 0.492 e. The second kappa shape index (κ2) is 8.64. The summed E-state index contributed by atoms with van der Waals surface area (Å²) in [5, 5.41) is 2.66. The van der Waals surface area contributed by atoms with Gasteiger partial charge in [0.15, 0.2) is 0 Å². The molecule has 6 heteroatoms. The Balaban J connectivity index is 1.71. The number of nitrogens with one attached hydrogen (secondary N) is 1. The number of rotatable bonds is 7. The molecule has 0 aliphatic carbocycles. The van der Waals surface area contributed by atoms with Crippen LogP contribution in [0.25, 0.3) is 0 Å². The smallest absolute Gasteiger partial charge is 0.238 e. The van der Waals surface area contributed by atoms with Crippen LogP contribution in [0.15, 0.2) is 53.0 Å². The third-order valence-corrected chi connectivity index (χ3v) is 3.55. The quantitative estimate of drug-likeness (QED) is 0.798. The van der Waals surface area contributed by atoms with Crippen LogP contribution in [-0.4, -0.2) is 37.6 Å². The second-order valence-corrected chi connectivity index (χ2v) is 6.02. The molecule has 0 heterocycles. The Morgan fingerprint density at radius 1 is 1.26 bits per heavy atom. The SMILES string of the molecule is CN(CCOc1cccc(Br)c1)CC(=O)Nc1cccc(F)c1. The highest BCUT2D eigenvalue weighted by molar-refractivity contribution is 9.10. The molecule has 0 aromatic heterocycles. The molecule has 0 radical (unpaired) electrons. The zero-order chi connectivity index (χ0) is 16.7. The van der Waals surface area contributed by atoms with E-state index in [9.17, 15) is 9.18 Å². The van der Waals surface area contributed by atoms with Crippen LogP contribution in [0.1, 0.15) is 0 Å². The molecule has 0 saturated heterocycles. The van der Waals surface area contributed by atoms with Gasteiger partial charge >= 0.3 is 0 Å². The summed E-state index contributed by atoms with van der Waals surface area (Å²) in [6.07, 6.45) is 0. The first-order valence-electron chi connectivity index (χ1n) is 7.15. The fourth-order valence-corrected chi connectivity index (χ4v) is 2.35. The number of ether oxygens (including phenoxy) is 1. The van der Waals surface area contributed by atoms with Gasteiger partial charge in [-0.25, -0.2) is 4.39 Å². The number of nitrogens with zero attached hydrogens (tertiary/aromatic N) is 1. The van der Waals surface area contributed by atoms with Gasteiger partial charge in [-0.05, 0) is 43.4 Å². The molecule has 0 aliphatic heterocycles. The maximum atomic E-state index is 13.1. The van der Waals surface area contributed by atoms with Crippen molar-refractivity contribution in [2.45, 2.75) is 0 Å². The van der Waals surface area contributed by atoms with Crippen molar-refractivity contribution >= 4 is 27.5 Å². The summed E-state index contributed by atoms with van der Waals surface area (Å²) < 4.78 is 19.6. The van der Waals surface area contributed by atoms with Crippen molar-refractivity contribution in [3.05, 3.63) is 58.8 Å². The van der Waals surface area contributed by atoms with Gasteiger partial charge in [0.05, 0.1) is 6.54 Å². The van der Waals surface area contributed by atoms with Crippen molar-refractivity contribution in [2.75, 3.05) is 32.1 Å². The Labute approximate surface area is 143 Å². The Kier molecular flexibility index (Phi) is 6.55. The Morgan fingerprint density at radius 3 is 2.78 bits per heavy atom. The number of carbonyl (C=O) groups is 1. The fraction of sp³-hybridized carbons (Fsp3) is 0.235. The first kappa shape index (κ1) is 17.4.